The summed E-state index contributed by atoms with van der Waals surface area (Å²) in [5, 5.41) is 5.49. The van der Waals surface area contributed by atoms with Crippen LogP contribution in [0.5, 0.6) is 0 Å². The van der Waals surface area contributed by atoms with Crippen LogP contribution in [0.15, 0.2) is 42.0 Å². The van der Waals surface area contributed by atoms with Gasteiger partial charge in [0.2, 0.25) is 0 Å². The van der Waals surface area contributed by atoms with Crippen molar-refractivity contribution in [1.82, 2.24) is 14.9 Å². The molecule has 29 heavy (non-hydrogen) atoms. The highest BCUT2D eigenvalue weighted by Crippen LogP contribution is 2.33. The van der Waals surface area contributed by atoms with Crippen LogP contribution in [0.3, 0.4) is 0 Å². The number of carbonyl (C=O) groups excluding carboxylic acids is 1. The topological polar surface area (TPSA) is 61.4 Å². The van der Waals surface area contributed by atoms with Crippen molar-refractivity contribution in [1.29, 1.82) is 0 Å². The van der Waals surface area contributed by atoms with Crippen LogP contribution in [0.25, 0.3) is 11.3 Å². The molecule has 3 heterocycles. The third-order valence-corrected chi connectivity index (χ3v) is 6.07. The smallest absolute Gasteiger partial charge is 0.257 e. The summed E-state index contributed by atoms with van der Waals surface area (Å²) in [4.78, 5) is 25.8. The number of hydrogen-bond donors (Lipinski definition) is 1. The minimum Gasteiger partial charge on any atom is -0.369 e. The van der Waals surface area contributed by atoms with Crippen molar-refractivity contribution in [2.45, 2.75) is 13.8 Å². The van der Waals surface area contributed by atoms with E-state index in [1.807, 2.05) is 5.38 Å². The minimum atomic E-state index is -0.174. The van der Waals surface area contributed by atoms with Gasteiger partial charge < -0.3 is 9.80 Å². The molecular formula is C22H25N5OS. The molecule has 6 nitrogen and oxygen atoms in total. The molecule has 0 aliphatic carbocycles. The summed E-state index contributed by atoms with van der Waals surface area (Å²) in [7, 11) is 2.17. The standard InChI is InChI=1S/C22H25N5OS/c1-15-12-18(27-10-8-26(3)9-11-27)13-16(2)20(15)19-14-29-22(24-19)25-21(28)17-4-6-23-7-5-17/h4-7,12-14H,8-11H2,1-3H3,(H,24,25,28). The van der Waals surface area contributed by atoms with Crippen molar-refractivity contribution in [3.05, 3.63) is 58.7 Å². The molecule has 0 unspecified atom stereocenters. The van der Waals surface area contributed by atoms with Crippen LogP contribution in [-0.4, -0.2) is 54.0 Å². The van der Waals surface area contributed by atoms with Gasteiger partial charge in [0.15, 0.2) is 5.13 Å². The SMILES string of the molecule is Cc1cc(N2CCN(C)CC2)cc(C)c1-c1csc(NC(=O)c2ccncc2)n1. The summed E-state index contributed by atoms with van der Waals surface area (Å²) in [6, 6.07) is 7.88. The Morgan fingerprint density at radius 2 is 1.72 bits per heavy atom. The molecule has 0 saturated carbocycles. The first-order valence-corrected chi connectivity index (χ1v) is 10.6. The van der Waals surface area contributed by atoms with Gasteiger partial charge in [-0.2, -0.15) is 0 Å². The van der Waals surface area contributed by atoms with Crippen molar-refractivity contribution in [2.24, 2.45) is 0 Å². The maximum absolute atomic E-state index is 12.4. The first kappa shape index (κ1) is 19.5. The van der Waals surface area contributed by atoms with Crippen LogP contribution in [0, 0.1) is 13.8 Å². The summed E-state index contributed by atoms with van der Waals surface area (Å²) in [5.41, 5.74) is 6.30. The van der Waals surface area contributed by atoms with Crippen LogP contribution >= 0.6 is 11.3 Å². The number of amides is 1. The summed E-state index contributed by atoms with van der Waals surface area (Å²) in [6.07, 6.45) is 3.22. The molecule has 3 aromatic rings. The lowest BCUT2D eigenvalue weighted by atomic mass is 9.99. The predicted octanol–water partition coefficient (Wildman–Crippen LogP) is 3.83. The molecule has 1 saturated heterocycles. The molecule has 4 rings (SSSR count). The van der Waals surface area contributed by atoms with E-state index in [9.17, 15) is 4.79 Å². The summed E-state index contributed by atoms with van der Waals surface area (Å²) >= 11 is 1.44. The zero-order chi connectivity index (χ0) is 20.4. The molecule has 0 radical (unpaired) electrons. The number of aryl methyl sites for hydroxylation is 2. The van der Waals surface area contributed by atoms with E-state index in [0.717, 1.165) is 37.4 Å². The van der Waals surface area contributed by atoms with Crippen molar-refractivity contribution < 1.29 is 4.79 Å². The molecule has 7 heteroatoms. The second kappa shape index (κ2) is 8.31. The molecule has 1 fully saturated rings. The Kier molecular flexibility index (Phi) is 5.60. The summed E-state index contributed by atoms with van der Waals surface area (Å²) in [6.45, 7) is 8.55. The number of nitrogens with one attached hydrogen (secondary N) is 1. The van der Waals surface area contributed by atoms with Crippen LogP contribution in [0.4, 0.5) is 10.8 Å². The van der Waals surface area contributed by atoms with Gasteiger partial charge >= 0.3 is 0 Å². The first-order chi connectivity index (χ1) is 14.0. The van der Waals surface area contributed by atoms with E-state index in [0.29, 0.717) is 10.7 Å². The van der Waals surface area contributed by atoms with Gasteiger partial charge in [0, 0.05) is 60.8 Å². The predicted molar refractivity (Wildman–Crippen MR) is 119 cm³/mol. The van der Waals surface area contributed by atoms with E-state index in [2.05, 4.69) is 58.1 Å². The minimum absolute atomic E-state index is 0.174. The summed E-state index contributed by atoms with van der Waals surface area (Å²) < 4.78 is 0. The molecule has 0 bridgehead atoms. The number of thiazole rings is 1. The van der Waals surface area contributed by atoms with Gasteiger partial charge in [-0.1, -0.05) is 0 Å². The molecule has 2 aromatic heterocycles. The third-order valence-electron chi connectivity index (χ3n) is 5.31. The van der Waals surface area contributed by atoms with E-state index in [-0.39, 0.29) is 5.91 Å². The molecule has 1 aliphatic heterocycles. The van der Waals surface area contributed by atoms with Crippen LogP contribution in [0.2, 0.25) is 0 Å². The fourth-order valence-corrected chi connectivity index (χ4v) is 4.41. The maximum atomic E-state index is 12.4. The van der Waals surface area contributed by atoms with Crippen molar-refractivity contribution >= 4 is 28.1 Å². The highest BCUT2D eigenvalue weighted by Gasteiger charge is 2.18. The molecule has 1 amide bonds. The number of anilines is 2. The van der Waals surface area contributed by atoms with Crippen molar-refractivity contribution in [3.8, 4) is 11.3 Å². The highest BCUT2D eigenvalue weighted by atomic mass is 32.1. The number of piperazine rings is 1. The number of nitrogens with zero attached hydrogens (tertiary/aromatic N) is 4. The highest BCUT2D eigenvalue weighted by molar-refractivity contribution is 7.14. The van der Waals surface area contributed by atoms with Crippen molar-refractivity contribution in [2.75, 3.05) is 43.4 Å². The van der Waals surface area contributed by atoms with Crippen molar-refractivity contribution in [3.63, 3.8) is 0 Å². The van der Waals surface area contributed by atoms with Gasteiger partial charge in [-0.15, -0.1) is 11.3 Å². The Hall–Kier alpha value is -2.77. The van der Waals surface area contributed by atoms with Gasteiger partial charge in [-0.25, -0.2) is 4.98 Å². The maximum Gasteiger partial charge on any atom is 0.257 e. The molecular weight excluding hydrogens is 382 g/mol. The Balaban J connectivity index is 1.54. The molecule has 0 spiro atoms. The summed E-state index contributed by atoms with van der Waals surface area (Å²) in [5.74, 6) is -0.174. The third kappa shape index (κ3) is 4.31. The van der Waals surface area contributed by atoms with Gasteiger partial charge in [0.1, 0.15) is 0 Å². The normalized spacial score (nSPS) is 14.8. The van der Waals surface area contributed by atoms with E-state index >= 15 is 0 Å². The lowest BCUT2D eigenvalue weighted by molar-refractivity contribution is 0.102. The van der Waals surface area contributed by atoms with Gasteiger partial charge in [-0.3, -0.25) is 15.1 Å². The zero-order valence-corrected chi connectivity index (χ0v) is 17.8. The number of rotatable bonds is 4. The van der Waals surface area contributed by atoms with E-state index in [1.165, 1.54) is 28.2 Å². The number of pyridine rings is 1. The molecule has 0 atom stereocenters. The Morgan fingerprint density at radius 1 is 1.07 bits per heavy atom. The second-order valence-electron chi connectivity index (χ2n) is 7.47. The van der Waals surface area contributed by atoms with Gasteiger partial charge in [-0.05, 0) is 56.3 Å². The second-order valence-corrected chi connectivity index (χ2v) is 8.33. The molecule has 1 aliphatic rings. The van der Waals surface area contributed by atoms with Crippen LogP contribution < -0.4 is 10.2 Å². The number of likely N-dealkylation sites (N-methyl/N-ethyl adjacent to an activating group) is 1. The Morgan fingerprint density at radius 3 is 2.38 bits per heavy atom. The number of hydrogen-bond acceptors (Lipinski definition) is 6. The van der Waals surface area contributed by atoms with Crippen LogP contribution in [0.1, 0.15) is 21.5 Å². The fourth-order valence-electron chi connectivity index (χ4n) is 3.71. The fraction of sp³-hybridized carbons (Fsp3) is 0.318. The Bertz CT molecular complexity index is 986. The molecule has 150 valence electrons. The molecule has 1 N–H and O–H groups in total. The van der Waals surface area contributed by atoms with E-state index < -0.39 is 0 Å². The quantitative estimate of drug-likeness (QED) is 0.712. The zero-order valence-electron chi connectivity index (χ0n) is 17.0. The number of carbonyl (C=O) groups is 1. The number of aromatic nitrogens is 2. The number of benzene rings is 1. The average molecular weight is 408 g/mol. The van der Waals surface area contributed by atoms with Crippen LogP contribution in [-0.2, 0) is 0 Å². The van der Waals surface area contributed by atoms with E-state index in [4.69, 9.17) is 0 Å². The first-order valence-electron chi connectivity index (χ1n) is 9.73. The Labute approximate surface area is 175 Å². The van der Waals surface area contributed by atoms with E-state index in [1.54, 1.807) is 24.5 Å². The largest absolute Gasteiger partial charge is 0.369 e. The van der Waals surface area contributed by atoms with Gasteiger partial charge in [0.25, 0.3) is 5.91 Å². The lowest BCUT2D eigenvalue weighted by Crippen LogP contribution is -2.44. The average Bonchev–Trinajstić information content (AvgIpc) is 3.16. The monoisotopic (exact) mass is 407 g/mol. The molecule has 1 aromatic carbocycles. The lowest BCUT2D eigenvalue weighted by Gasteiger charge is -2.34. The van der Waals surface area contributed by atoms with Gasteiger partial charge in [0.05, 0.1) is 5.69 Å².